The van der Waals surface area contributed by atoms with E-state index in [9.17, 15) is 13.2 Å². The van der Waals surface area contributed by atoms with E-state index in [0.717, 1.165) is 11.1 Å². The third-order valence-electron chi connectivity index (χ3n) is 4.24. The number of sulfone groups is 1. The summed E-state index contributed by atoms with van der Waals surface area (Å²) in [5, 5.41) is 4.09. The molecule has 0 aliphatic carbocycles. The molecule has 1 aromatic carbocycles. The highest BCUT2D eigenvalue weighted by atomic mass is 32.2. The van der Waals surface area contributed by atoms with E-state index in [-0.39, 0.29) is 30.6 Å². The van der Waals surface area contributed by atoms with E-state index in [4.69, 9.17) is 4.74 Å². The minimum atomic E-state index is -3.18. The molecule has 1 fully saturated rings. The monoisotopic (exact) mass is 363 g/mol. The number of hydrogen-bond donors (Lipinski definition) is 0. The van der Waals surface area contributed by atoms with Crippen molar-refractivity contribution >= 4 is 15.7 Å². The number of hydrogen-bond acceptors (Lipinski definition) is 5. The predicted octanol–water partition coefficient (Wildman–Crippen LogP) is 1.11. The quantitative estimate of drug-likeness (QED) is 0.813. The second-order valence-corrected chi connectivity index (χ2v) is 8.50. The van der Waals surface area contributed by atoms with Crippen LogP contribution in [-0.4, -0.2) is 53.7 Å². The lowest BCUT2D eigenvalue weighted by atomic mass is 10.1. The van der Waals surface area contributed by atoms with Crippen LogP contribution in [0, 0.1) is 6.92 Å². The summed E-state index contributed by atoms with van der Waals surface area (Å²) in [5.41, 5.74) is 1.83. The summed E-state index contributed by atoms with van der Waals surface area (Å²) in [6.45, 7) is 2.01. The summed E-state index contributed by atoms with van der Waals surface area (Å²) >= 11 is 0. The maximum Gasteiger partial charge on any atom is 0.261 e. The van der Waals surface area contributed by atoms with E-state index in [0.29, 0.717) is 5.75 Å². The summed E-state index contributed by atoms with van der Waals surface area (Å²) in [4.78, 5) is 14.2. The largest absolute Gasteiger partial charge is 0.484 e. The van der Waals surface area contributed by atoms with Crippen LogP contribution >= 0.6 is 0 Å². The van der Waals surface area contributed by atoms with Crippen LogP contribution in [0.5, 0.6) is 5.75 Å². The molecule has 2 heterocycles. The number of aryl methyl sites for hydroxylation is 2. The van der Waals surface area contributed by atoms with Crippen molar-refractivity contribution in [3.8, 4) is 5.75 Å². The Morgan fingerprint density at radius 3 is 2.68 bits per heavy atom. The molecule has 0 saturated carbocycles. The molecule has 1 atom stereocenters. The maximum atomic E-state index is 12.6. The first-order chi connectivity index (χ1) is 11.8. The number of ether oxygens (including phenoxy) is 1. The van der Waals surface area contributed by atoms with E-state index in [2.05, 4.69) is 5.10 Å². The van der Waals surface area contributed by atoms with Crippen LogP contribution in [0.1, 0.15) is 17.2 Å². The predicted molar refractivity (Wildman–Crippen MR) is 93.0 cm³/mol. The van der Waals surface area contributed by atoms with E-state index >= 15 is 0 Å². The summed E-state index contributed by atoms with van der Waals surface area (Å²) in [5.74, 6) is 0.264. The summed E-state index contributed by atoms with van der Waals surface area (Å²) < 4.78 is 31.2. The fourth-order valence-corrected chi connectivity index (χ4v) is 4.35. The normalized spacial score (nSPS) is 19.6. The van der Waals surface area contributed by atoms with Gasteiger partial charge in [0.2, 0.25) is 0 Å². The topological polar surface area (TPSA) is 81.5 Å². The first-order valence-corrected chi connectivity index (χ1v) is 9.84. The average molecular weight is 363 g/mol. The molecule has 0 spiro atoms. The molecule has 134 valence electrons. The second-order valence-electron chi connectivity index (χ2n) is 6.27. The average Bonchev–Trinajstić information content (AvgIpc) is 2.99. The highest BCUT2D eigenvalue weighted by Crippen LogP contribution is 2.26. The Morgan fingerprint density at radius 2 is 2.04 bits per heavy atom. The van der Waals surface area contributed by atoms with Gasteiger partial charge in [-0.3, -0.25) is 9.48 Å². The first-order valence-electron chi connectivity index (χ1n) is 8.02. The molecule has 1 amide bonds. The molecule has 1 aromatic heterocycles. The van der Waals surface area contributed by atoms with Crippen LogP contribution in [0.25, 0.3) is 0 Å². The van der Waals surface area contributed by atoms with Crippen molar-refractivity contribution < 1.29 is 17.9 Å². The minimum Gasteiger partial charge on any atom is -0.484 e. The van der Waals surface area contributed by atoms with Gasteiger partial charge in [0.05, 0.1) is 23.7 Å². The van der Waals surface area contributed by atoms with Crippen LogP contribution in [0.3, 0.4) is 0 Å². The Hall–Kier alpha value is -2.35. The number of benzene rings is 1. The molecular formula is C17H21N3O4S. The fraction of sp³-hybridized carbons (Fsp3) is 0.412. The number of carbonyl (C=O) groups excluding carboxylic acids is 1. The molecule has 0 radical (unpaired) electrons. The zero-order chi connectivity index (χ0) is 18.0. The minimum absolute atomic E-state index is 0.0277. The summed E-state index contributed by atoms with van der Waals surface area (Å²) in [6.07, 6.45) is 3.35. The molecule has 1 aliphatic heterocycles. The lowest BCUT2D eigenvalue weighted by molar-refractivity contribution is -0.135. The molecule has 3 rings (SSSR count). The Balaban J connectivity index is 1.73. The van der Waals surface area contributed by atoms with E-state index in [1.54, 1.807) is 29.0 Å². The molecule has 1 saturated heterocycles. The van der Waals surface area contributed by atoms with Crippen molar-refractivity contribution in [2.45, 2.75) is 13.0 Å². The van der Waals surface area contributed by atoms with Gasteiger partial charge in [-0.15, -0.1) is 0 Å². The molecule has 0 N–H and O–H groups in total. The molecular weight excluding hydrogens is 342 g/mol. The van der Waals surface area contributed by atoms with Gasteiger partial charge in [0, 0.05) is 25.4 Å². The van der Waals surface area contributed by atoms with Crippen molar-refractivity contribution in [3.05, 3.63) is 47.8 Å². The van der Waals surface area contributed by atoms with Crippen LogP contribution in [0.15, 0.2) is 36.7 Å². The Morgan fingerprint density at radius 1 is 1.32 bits per heavy atom. The van der Waals surface area contributed by atoms with Gasteiger partial charge in [-0.25, -0.2) is 8.42 Å². The SMILES string of the molecule is Cc1ccc(OCC(=O)N2CCS(=O)(=O)C[C@@H]2c2cnn(C)c2)cc1. The number of carbonyl (C=O) groups is 1. The van der Waals surface area contributed by atoms with Gasteiger partial charge >= 0.3 is 0 Å². The summed E-state index contributed by atoms with van der Waals surface area (Å²) in [7, 11) is -1.42. The fourth-order valence-electron chi connectivity index (χ4n) is 2.86. The Bertz CT molecular complexity index is 858. The number of nitrogens with zero attached hydrogens (tertiary/aromatic N) is 3. The highest BCUT2D eigenvalue weighted by Gasteiger charge is 2.35. The van der Waals surface area contributed by atoms with Gasteiger partial charge in [-0.1, -0.05) is 17.7 Å². The zero-order valence-corrected chi connectivity index (χ0v) is 15.1. The third-order valence-corrected chi connectivity index (χ3v) is 5.87. The zero-order valence-electron chi connectivity index (χ0n) is 14.3. The molecule has 25 heavy (non-hydrogen) atoms. The summed E-state index contributed by atoms with van der Waals surface area (Å²) in [6, 6.07) is 6.91. The Kier molecular flexibility index (Phi) is 4.80. The van der Waals surface area contributed by atoms with Gasteiger partial charge < -0.3 is 9.64 Å². The highest BCUT2D eigenvalue weighted by molar-refractivity contribution is 7.91. The van der Waals surface area contributed by atoms with Gasteiger partial charge in [0.15, 0.2) is 16.4 Å². The van der Waals surface area contributed by atoms with E-state index in [1.165, 1.54) is 0 Å². The molecule has 8 heteroatoms. The van der Waals surface area contributed by atoms with Crippen molar-refractivity contribution in [1.82, 2.24) is 14.7 Å². The van der Waals surface area contributed by atoms with Crippen molar-refractivity contribution in [2.75, 3.05) is 24.7 Å². The molecule has 2 aromatic rings. The lowest BCUT2D eigenvalue weighted by Gasteiger charge is -2.34. The van der Waals surface area contributed by atoms with Crippen LogP contribution in [-0.2, 0) is 21.7 Å². The van der Waals surface area contributed by atoms with Gasteiger partial charge in [0.1, 0.15) is 5.75 Å². The smallest absolute Gasteiger partial charge is 0.261 e. The van der Waals surface area contributed by atoms with Crippen molar-refractivity contribution in [1.29, 1.82) is 0 Å². The van der Waals surface area contributed by atoms with Crippen molar-refractivity contribution in [2.24, 2.45) is 7.05 Å². The van der Waals surface area contributed by atoms with Gasteiger partial charge in [-0.2, -0.15) is 5.10 Å². The van der Waals surface area contributed by atoms with E-state index < -0.39 is 15.9 Å². The number of aromatic nitrogens is 2. The third kappa shape index (κ3) is 4.19. The van der Waals surface area contributed by atoms with E-state index in [1.807, 2.05) is 31.2 Å². The molecule has 1 aliphatic rings. The molecule has 7 nitrogen and oxygen atoms in total. The number of rotatable bonds is 4. The van der Waals surface area contributed by atoms with Crippen LogP contribution < -0.4 is 4.74 Å². The first kappa shape index (κ1) is 17.5. The Labute approximate surface area is 147 Å². The van der Waals surface area contributed by atoms with Gasteiger partial charge in [-0.05, 0) is 19.1 Å². The molecule has 0 unspecified atom stereocenters. The maximum absolute atomic E-state index is 12.6. The molecule has 0 bridgehead atoms. The lowest BCUT2D eigenvalue weighted by Crippen LogP contribution is -2.47. The second kappa shape index (κ2) is 6.87. The van der Waals surface area contributed by atoms with Crippen molar-refractivity contribution in [3.63, 3.8) is 0 Å². The van der Waals surface area contributed by atoms with Crippen LogP contribution in [0.2, 0.25) is 0 Å². The number of amides is 1. The van der Waals surface area contributed by atoms with Crippen LogP contribution in [0.4, 0.5) is 0 Å². The standard InChI is InChI=1S/C17H21N3O4S/c1-13-3-5-15(6-4-13)24-11-17(21)20-7-8-25(22,23)12-16(20)14-9-18-19(2)10-14/h3-6,9-10,16H,7-8,11-12H2,1-2H3/t16-/m1/s1. The van der Waals surface area contributed by atoms with Gasteiger partial charge in [0.25, 0.3) is 5.91 Å².